The Balaban J connectivity index is 1.54. The second-order valence-electron chi connectivity index (χ2n) is 6.20. The molecule has 0 aromatic heterocycles. The number of hydrogen-bond acceptors (Lipinski definition) is 3. The fourth-order valence-electron chi connectivity index (χ4n) is 2.98. The molecule has 1 fully saturated rings. The fraction of sp³-hybridized carbons (Fsp3) is 0.300. The zero-order valence-electron chi connectivity index (χ0n) is 14.2. The van der Waals surface area contributed by atoms with Gasteiger partial charge in [0.1, 0.15) is 17.8 Å². The van der Waals surface area contributed by atoms with Crippen molar-refractivity contribution in [1.82, 2.24) is 10.6 Å². The molecule has 2 aromatic rings. The van der Waals surface area contributed by atoms with Gasteiger partial charge in [0.25, 0.3) is 0 Å². The molecule has 0 saturated carbocycles. The first-order chi connectivity index (χ1) is 12.2. The van der Waals surface area contributed by atoms with Crippen LogP contribution in [0.3, 0.4) is 0 Å². The Morgan fingerprint density at radius 1 is 0.840 bits per heavy atom. The zero-order chi connectivity index (χ0) is 17.6. The number of benzene rings is 2. The standard InChI is InChI=1S/C20H22N2O3/c1-25-16-10-7-14(8-11-16)9-12-17-19(23)22-18(20(24)21-17)13-15-5-3-2-4-6-15/h2-8,10-11,17-18H,9,12-13H2,1H3,(H,21,24)(H,22,23)/t17?,18-/m0/s1. The van der Waals surface area contributed by atoms with Crippen LogP contribution in [0.4, 0.5) is 0 Å². The third-order valence-electron chi connectivity index (χ3n) is 4.43. The van der Waals surface area contributed by atoms with E-state index in [2.05, 4.69) is 10.6 Å². The van der Waals surface area contributed by atoms with Crippen LogP contribution in [-0.4, -0.2) is 31.0 Å². The molecule has 0 spiro atoms. The molecule has 3 rings (SSSR count). The van der Waals surface area contributed by atoms with Gasteiger partial charge in [-0.3, -0.25) is 9.59 Å². The SMILES string of the molecule is COc1ccc(CCC2NC(=O)[C@H](Cc3ccccc3)NC2=O)cc1. The highest BCUT2D eigenvalue weighted by Crippen LogP contribution is 2.14. The Kier molecular flexibility index (Phi) is 5.33. The zero-order valence-corrected chi connectivity index (χ0v) is 14.2. The molecule has 25 heavy (non-hydrogen) atoms. The minimum absolute atomic E-state index is 0.117. The normalized spacial score (nSPS) is 19.9. The highest BCUT2D eigenvalue weighted by Gasteiger charge is 2.33. The number of carbonyl (C=O) groups is 2. The van der Waals surface area contributed by atoms with E-state index in [1.165, 1.54) is 0 Å². The van der Waals surface area contributed by atoms with Gasteiger partial charge in [-0.2, -0.15) is 0 Å². The number of piperazine rings is 1. The summed E-state index contributed by atoms with van der Waals surface area (Å²) in [6.07, 6.45) is 1.79. The second-order valence-corrected chi connectivity index (χ2v) is 6.20. The number of nitrogens with one attached hydrogen (secondary N) is 2. The van der Waals surface area contributed by atoms with Crippen molar-refractivity contribution in [2.24, 2.45) is 0 Å². The molecular weight excluding hydrogens is 316 g/mol. The molecule has 1 saturated heterocycles. The average Bonchev–Trinajstić information content (AvgIpc) is 2.64. The monoisotopic (exact) mass is 338 g/mol. The number of amides is 2. The van der Waals surface area contributed by atoms with Crippen molar-refractivity contribution in [3.8, 4) is 5.75 Å². The summed E-state index contributed by atoms with van der Waals surface area (Å²) in [6, 6.07) is 16.4. The molecule has 1 heterocycles. The maximum atomic E-state index is 12.3. The van der Waals surface area contributed by atoms with Crippen LogP contribution in [0, 0.1) is 0 Å². The van der Waals surface area contributed by atoms with E-state index in [1.807, 2.05) is 54.6 Å². The van der Waals surface area contributed by atoms with Crippen LogP contribution in [0.2, 0.25) is 0 Å². The van der Waals surface area contributed by atoms with Crippen LogP contribution in [0.15, 0.2) is 54.6 Å². The van der Waals surface area contributed by atoms with Gasteiger partial charge in [0.2, 0.25) is 11.8 Å². The molecule has 1 aliphatic rings. The summed E-state index contributed by atoms with van der Waals surface area (Å²) >= 11 is 0. The van der Waals surface area contributed by atoms with E-state index in [0.29, 0.717) is 19.3 Å². The molecule has 1 aliphatic heterocycles. The Morgan fingerprint density at radius 3 is 2.16 bits per heavy atom. The van der Waals surface area contributed by atoms with Crippen molar-refractivity contribution >= 4 is 11.8 Å². The molecular formula is C20H22N2O3. The summed E-state index contributed by atoms with van der Waals surface area (Å²) < 4.78 is 5.13. The summed E-state index contributed by atoms with van der Waals surface area (Å²) in [5.74, 6) is 0.563. The summed E-state index contributed by atoms with van der Waals surface area (Å²) in [6.45, 7) is 0. The Morgan fingerprint density at radius 2 is 1.48 bits per heavy atom. The van der Waals surface area contributed by atoms with Gasteiger partial charge in [-0.15, -0.1) is 0 Å². The molecule has 5 heteroatoms. The summed E-state index contributed by atoms with van der Waals surface area (Å²) in [7, 11) is 1.63. The van der Waals surface area contributed by atoms with Crippen molar-refractivity contribution in [2.45, 2.75) is 31.3 Å². The molecule has 0 bridgehead atoms. The first-order valence-corrected chi connectivity index (χ1v) is 8.43. The predicted octanol–water partition coefficient (Wildman–Crippen LogP) is 1.85. The van der Waals surface area contributed by atoms with Gasteiger partial charge in [0.05, 0.1) is 7.11 Å². The number of ether oxygens (including phenoxy) is 1. The van der Waals surface area contributed by atoms with E-state index < -0.39 is 12.1 Å². The number of aryl methyl sites for hydroxylation is 1. The van der Waals surface area contributed by atoms with Crippen molar-refractivity contribution in [2.75, 3.05) is 7.11 Å². The largest absolute Gasteiger partial charge is 0.497 e. The van der Waals surface area contributed by atoms with Crippen molar-refractivity contribution in [3.05, 3.63) is 65.7 Å². The molecule has 0 radical (unpaired) electrons. The minimum atomic E-state index is -0.507. The number of rotatable bonds is 6. The molecule has 2 atom stereocenters. The second kappa shape index (κ2) is 7.83. The van der Waals surface area contributed by atoms with Crippen LogP contribution in [0.1, 0.15) is 17.5 Å². The van der Waals surface area contributed by atoms with Crippen LogP contribution in [0.25, 0.3) is 0 Å². The number of hydrogen-bond donors (Lipinski definition) is 2. The van der Waals surface area contributed by atoms with Gasteiger partial charge in [-0.05, 0) is 36.1 Å². The van der Waals surface area contributed by atoms with Crippen LogP contribution in [0.5, 0.6) is 5.75 Å². The summed E-state index contributed by atoms with van der Waals surface area (Å²) in [5, 5.41) is 5.70. The van der Waals surface area contributed by atoms with Gasteiger partial charge in [-0.1, -0.05) is 42.5 Å². The summed E-state index contributed by atoms with van der Waals surface area (Å²) in [5.41, 5.74) is 2.13. The Hall–Kier alpha value is -2.82. The molecule has 0 aliphatic carbocycles. The van der Waals surface area contributed by atoms with Crippen molar-refractivity contribution in [3.63, 3.8) is 0 Å². The highest BCUT2D eigenvalue weighted by atomic mass is 16.5. The van der Waals surface area contributed by atoms with Gasteiger partial charge >= 0.3 is 0 Å². The average molecular weight is 338 g/mol. The molecule has 2 aromatic carbocycles. The van der Waals surface area contributed by atoms with Gasteiger partial charge in [0.15, 0.2) is 0 Å². The Bertz CT molecular complexity index is 728. The lowest BCUT2D eigenvalue weighted by atomic mass is 9.99. The van der Waals surface area contributed by atoms with Gasteiger partial charge < -0.3 is 15.4 Å². The van der Waals surface area contributed by atoms with E-state index >= 15 is 0 Å². The lowest BCUT2D eigenvalue weighted by Gasteiger charge is -2.29. The molecule has 1 unspecified atom stereocenters. The molecule has 2 N–H and O–H groups in total. The third-order valence-corrected chi connectivity index (χ3v) is 4.43. The molecule has 130 valence electrons. The number of carbonyl (C=O) groups excluding carboxylic acids is 2. The van der Waals surface area contributed by atoms with Gasteiger partial charge in [-0.25, -0.2) is 0 Å². The lowest BCUT2D eigenvalue weighted by molar-refractivity contribution is -0.136. The van der Waals surface area contributed by atoms with Crippen LogP contribution >= 0.6 is 0 Å². The highest BCUT2D eigenvalue weighted by molar-refractivity contribution is 5.97. The summed E-state index contributed by atoms with van der Waals surface area (Å²) in [4.78, 5) is 24.6. The van der Waals surface area contributed by atoms with Crippen LogP contribution < -0.4 is 15.4 Å². The van der Waals surface area contributed by atoms with E-state index in [1.54, 1.807) is 7.11 Å². The predicted molar refractivity (Wildman–Crippen MR) is 95.3 cm³/mol. The topological polar surface area (TPSA) is 67.4 Å². The molecule has 2 amide bonds. The fourth-order valence-corrected chi connectivity index (χ4v) is 2.98. The smallest absolute Gasteiger partial charge is 0.243 e. The van der Waals surface area contributed by atoms with Crippen LogP contribution in [-0.2, 0) is 22.4 Å². The third kappa shape index (κ3) is 4.38. The van der Waals surface area contributed by atoms with E-state index in [9.17, 15) is 9.59 Å². The Labute approximate surface area is 147 Å². The van der Waals surface area contributed by atoms with E-state index in [0.717, 1.165) is 16.9 Å². The van der Waals surface area contributed by atoms with Crippen molar-refractivity contribution < 1.29 is 14.3 Å². The quantitative estimate of drug-likeness (QED) is 0.845. The van der Waals surface area contributed by atoms with E-state index in [4.69, 9.17) is 4.74 Å². The minimum Gasteiger partial charge on any atom is -0.497 e. The van der Waals surface area contributed by atoms with Gasteiger partial charge in [0, 0.05) is 6.42 Å². The first-order valence-electron chi connectivity index (χ1n) is 8.43. The van der Waals surface area contributed by atoms with E-state index in [-0.39, 0.29) is 11.8 Å². The first kappa shape index (κ1) is 17.0. The lowest BCUT2D eigenvalue weighted by Crippen LogP contribution is -2.62. The molecule has 5 nitrogen and oxygen atoms in total. The number of methoxy groups -OCH3 is 1. The maximum Gasteiger partial charge on any atom is 0.243 e. The maximum absolute atomic E-state index is 12.3. The van der Waals surface area contributed by atoms with Crippen molar-refractivity contribution in [1.29, 1.82) is 0 Å².